The molecular formula is C20H25N3O3. The fourth-order valence-corrected chi connectivity index (χ4v) is 2.55. The van der Waals surface area contributed by atoms with Crippen LogP contribution in [0, 0.1) is 0 Å². The zero-order valence-corrected chi connectivity index (χ0v) is 15.3. The van der Waals surface area contributed by atoms with Gasteiger partial charge in [-0.05, 0) is 44.9 Å². The number of nitrogens with one attached hydrogen (secondary N) is 2. The third kappa shape index (κ3) is 5.24. The van der Waals surface area contributed by atoms with Gasteiger partial charge in [-0.25, -0.2) is 4.79 Å². The summed E-state index contributed by atoms with van der Waals surface area (Å²) in [6.07, 6.45) is 1.54. The Balaban J connectivity index is 2.37. The van der Waals surface area contributed by atoms with Crippen molar-refractivity contribution in [3.63, 3.8) is 0 Å². The summed E-state index contributed by atoms with van der Waals surface area (Å²) in [5.41, 5.74) is 7.70. The van der Waals surface area contributed by atoms with Crippen LogP contribution in [0.1, 0.15) is 38.9 Å². The highest BCUT2D eigenvalue weighted by molar-refractivity contribution is 5.76. The lowest BCUT2D eigenvalue weighted by atomic mass is 10.0. The number of carbonyl (C=O) groups is 1. The van der Waals surface area contributed by atoms with Gasteiger partial charge in [0.05, 0.1) is 6.04 Å². The first-order chi connectivity index (χ1) is 12.2. The molecule has 6 heteroatoms. The van der Waals surface area contributed by atoms with E-state index in [2.05, 4.69) is 16.9 Å². The lowest BCUT2D eigenvalue weighted by Gasteiger charge is -2.23. The van der Waals surface area contributed by atoms with Gasteiger partial charge >= 0.3 is 6.09 Å². The van der Waals surface area contributed by atoms with Gasteiger partial charge in [0.15, 0.2) is 0 Å². The number of aromatic amines is 1. The van der Waals surface area contributed by atoms with Gasteiger partial charge in [-0.2, -0.15) is 0 Å². The summed E-state index contributed by atoms with van der Waals surface area (Å²) >= 11 is 0. The zero-order chi connectivity index (χ0) is 19.3. The molecule has 1 atom stereocenters. The van der Waals surface area contributed by atoms with Crippen LogP contribution in [0.15, 0.2) is 53.8 Å². The normalized spacial score (nSPS) is 12.3. The molecular weight excluding hydrogens is 330 g/mol. The number of nitrogens with two attached hydrogens (primary N) is 1. The highest BCUT2D eigenvalue weighted by Gasteiger charge is 2.21. The van der Waals surface area contributed by atoms with Gasteiger partial charge in [0.1, 0.15) is 5.60 Å². The SMILES string of the molecule is C=CCC(NC(=O)OC(C)(C)C)c1cc(-c2ccccc2N)cc(=O)[nH]1. The summed E-state index contributed by atoms with van der Waals surface area (Å²) in [5.74, 6) is 0. The Morgan fingerprint density at radius 1 is 1.35 bits per heavy atom. The van der Waals surface area contributed by atoms with E-state index in [1.54, 1.807) is 39.0 Å². The van der Waals surface area contributed by atoms with Crippen molar-refractivity contribution in [2.24, 2.45) is 0 Å². The summed E-state index contributed by atoms with van der Waals surface area (Å²) in [7, 11) is 0. The third-order valence-corrected chi connectivity index (χ3v) is 3.61. The molecule has 6 nitrogen and oxygen atoms in total. The second kappa shape index (κ2) is 7.91. The van der Waals surface area contributed by atoms with Crippen molar-refractivity contribution >= 4 is 11.8 Å². The van der Waals surface area contributed by atoms with E-state index in [0.717, 1.165) is 5.56 Å². The number of alkyl carbamates (subject to hydrolysis) is 1. The first-order valence-corrected chi connectivity index (χ1v) is 8.39. The number of anilines is 1. The van der Waals surface area contributed by atoms with E-state index in [0.29, 0.717) is 23.4 Å². The minimum absolute atomic E-state index is 0.277. The van der Waals surface area contributed by atoms with Crippen molar-refractivity contribution in [3.8, 4) is 11.1 Å². The molecule has 0 aliphatic rings. The molecule has 1 unspecified atom stereocenters. The quantitative estimate of drug-likeness (QED) is 0.562. The average molecular weight is 355 g/mol. The topological polar surface area (TPSA) is 97.2 Å². The molecule has 1 aromatic carbocycles. The Labute approximate surface area is 153 Å². The van der Waals surface area contributed by atoms with E-state index in [1.165, 1.54) is 6.07 Å². The van der Waals surface area contributed by atoms with Crippen LogP contribution in [-0.2, 0) is 4.74 Å². The molecule has 2 rings (SSSR count). The molecule has 2 aromatic rings. The fourth-order valence-electron chi connectivity index (χ4n) is 2.55. The number of H-pyrrole nitrogens is 1. The number of aromatic nitrogens is 1. The van der Waals surface area contributed by atoms with Gasteiger partial charge in [0.25, 0.3) is 0 Å². The smallest absolute Gasteiger partial charge is 0.408 e. The van der Waals surface area contributed by atoms with Gasteiger partial charge in [0.2, 0.25) is 5.56 Å². The van der Waals surface area contributed by atoms with Gasteiger partial charge in [0, 0.05) is 23.0 Å². The molecule has 0 aliphatic heterocycles. The number of pyridine rings is 1. The van der Waals surface area contributed by atoms with Crippen LogP contribution in [0.3, 0.4) is 0 Å². The second-order valence-electron chi connectivity index (χ2n) is 7.00. The number of para-hydroxylation sites is 1. The predicted octanol–water partition coefficient (Wildman–Crippen LogP) is 3.77. The second-order valence-corrected chi connectivity index (χ2v) is 7.00. The standard InChI is InChI=1S/C20H25N3O3/c1-5-8-16(23-19(25)26-20(2,3)4)17-11-13(12-18(24)22-17)14-9-6-7-10-15(14)21/h5-7,9-12,16H,1,8,21H2,2-4H3,(H,22,24)(H,23,25). The highest BCUT2D eigenvalue weighted by atomic mass is 16.6. The Bertz CT molecular complexity index is 850. The van der Waals surface area contributed by atoms with E-state index >= 15 is 0 Å². The first kappa shape index (κ1) is 19.3. The number of hydrogen-bond acceptors (Lipinski definition) is 4. The van der Waals surface area contributed by atoms with Crippen LogP contribution in [0.25, 0.3) is 11.1 Å². The number of rotatable bonds is 5. The molecule has 1 aromatic heterocycles. The van der Waals surface area contributed by atoms with Crippen LogP contribution in [0.4, 0.5) is 10.5 Å². The Hall–Kier alpha value is -3.02. The largest absolute Gasteiger partial charge is 0.444 e. The molecule has 0 bridgehead atoms. The fraction of sp³-hybridized carbons (Fsp3) is 0.300. The zero-order valence-electron chi connectivity index (χ0n) is 15.3. The van der Waals surface area contributed by atoms with Crippen LogP contribution in [0.2, 0.25) is 0 Å². The molecule has 4 N–H and O–H groups in total. The van der Waals surface area contributed by atoms with Crippen molar-refractivity contribution in [2.45, 2.75) is 38.8 Å². The lowest BCUT2D eigenvalue weighted by Crippen LogP contribution is -2.35. The number of amides is 1. The van der Waals surface area contributed by atoms with Gasteiger partial charge in [-0.15, -0.1) is 6.58 Å². The summed E-state index contributed by atoms with van der Waals surface area (Å²) in [6.45, 7) is 9.08. The maximum absolute atomic E-state index is 12.2. The minimum Gasteiger partial charge on any atom is -0.444 e. The van der Waals surface area contributed by atoms with Gasteiger partial charge in [-0.1, -0.05) is 24.3 Å². The maximum Gasteiger partial charge on any atom is 0.408 e. The van der Waals surface area contributed by atoms with Gasteiger partial charge < -0.3 is 20.8 Å². The van der Waals surface area contributed by atoms with E-state index in [9.17, 15) is 9.59 Å². The van der Waals surface area contributed by atoms with E-state index in [1.807, 2.05) is 18.2 Å². The molecule has 1 heterocycles. The highest BCUT2D eigenvalue weighted by Crippen LogP contribution is 2.26. The molecule has 0 spiro atoms. The molecule has 26 heavy (non-hydrogen) atoms. The molecule has 0 saturated heterocycles. The number of benzene rings is 1. The van der Waals surface area contributed by atoms with Gasteiger partial charge in [-0.3, -0.25) is 4.79 Å². The van der Waals surface area contributed by atoms with Crippen molar-refractivity contribution in [2.75, 3.05) is 5.73 Å². The molecule has 0 saturated carbocycles. The lowest BCUT2D eigenvalue weighted by molar-refractivity contribution is 0.0503. The Morgan fingerprint density at radius 2 is 2.04 bits per heavy atom. The van der Waals surface area contributed by atoms with E-state index in [-0.39, 0.29) is 5.56 Å². The van der Waals surface area contributed by atoms with Crippen LogP contribution >= 0.6 is 0 Å². The van der Waals surface area contributed by atoms with Crippen LogP contribution in [0.5, 0.6) is 0 Å². The number of carbonyl (C=O) groups excluding carboxylic acids is 1. The van der Waals surface area contributed by atoms with Crippen molar-refractivity contribution in [3.05, 3.63) is 65.1 Å². The molecule has 0 fully saturated rings. The molecule has 138 valence electrons. The average Bonchev–Trinajstić information content (AvgIpc) is 2.52. The molecule has 0 aliphatic carbocycles. The first-order valence-electron chi connectivity index (χ1n) is 8.39. The summed E-state index contributed by atoms with van der Waals surface area (Å²) in [6, 6.07) is 10.1. The predicted molar refractivity (Wildman–Crippen MR) is 104 cm³/mol. The number of hydrogen-bond donors (Lipinski definition) is 3. The van der Waals surface area contributed by atoms with Crippen molar-refractivity contribution in [1.82, 2.24) is 10.3 Å². The summed E-state index contributed by atoms with van der Waals surface area (Å²) in [5, 5.41) is 2.78. The monoisotopic (exact) mass is 355 g/mol. The number of nitrogen functional groups attached to an aromatic ring is 1. The summed E-state index contributed by atoms with van der Waals surface area (Å²) < 4.78 is 5.30. The molecule has 0 radical (unpaired) electrons. The van der Waals surface area contributed by atoms with E-state index < -0.39 is 17.7 Å². The third-order valence-electron chi connectivity index (χ3n) is 3.61. The van der Waals surface area contributed by atoms with Crippen molar-refractivity contribution < 1.29 is 9.53 Å². The Morgan fingerprint density at radius 3 is 2.65 bits per heavy atom. The van der Waals surface area contributed by atoms with Crippen molar-refractivity contribution in [1.29, 1.82) is 0 Å². The van der Waals surface area contributed by atoms with E-state index in [4.69, 9.17) is 10.5 Å². The number of ether oxygens (including phenoxy) is 1. The molecule has 1 amide bonds. The summed E-state index contributed by atoms with van der Waals surface area (Å²) in [4.78, 5) is 27.1. The Kier molecular flexibility index (Phi) is 5.87. The maximum atomic E-state index is 12.2. The minimum atomic E-state index is -0.615. The van der Waals surface area contributed by atoms with Crippen LogP contribution in [-0.4, -0.2) is 16.7 Å². The van der Waals surface area contributed by atoms with Crippen LogP contribution < -0.4 is 16.6 Å².